The summed E-state index contributed by atoms with van der Waals surface area (Å²) in [6, 6.07) is 16.1. The minimum absolute atomic E-state index is 0.0177. The molecule has 0 unspecified atom stereocenters. The van der Waals surface area contributed by atoms with Crippen molar-refractivity contribution in [1.82, 2.24) is 15.2 Å². The molecule has 0 spiro atoms. The number of rotatable bonds is 5. The second kappa shape index (κ2) is 7.19. The maximum Gasteiger partial charge on any atom is 0.249 e. The molecule has 0 aliphatic carbocycles. The lowest BCUT2D eigenvalue weighted by atomic mass is 10.1. The number of ketones is 1. The van der Waals surface area contributed by atoms with Crippen molar-refractivity contribution in [3.8, 4) is 6.07 Å². The molecular weight excluding hydrogens is 316 g/mol. The molecule has 2 aromatic carbocycles. The third-order valence-electron chi connectivity index (χ3n) is 3.39. The van der Waals surface area contributed by atoms with E-state index in [-0.39, 0.29) is 5.78 Å². The zero-order chi connectivity index (χ0) is 17.6. The smallest absolute Gasteiger partial charge is 0.249 e. The van der Waals surface area contributed by atoms with Crippen molar-refractivity contribution < 1.29 is 4.79 Å². The molecule has 0 radical (unpaired) electrons. The monoisotopic (exact) mass is 330 g/mol. The van der Waals surface area contributed by atoms with E-state index in [9.17, 15) is 4.79 Å². The first-order valence-corrected chi connectivity index (χ1v) is 7.49. The third-order valence-corrected chi connectivity index (χ3v) is 3.39. The second-order valence-electron chi connectivity index (χ2n) is 5.24. The van der Waals surface area contributed by atoms with Gasteiger partial charge in [0.2, 0.25) is 5.95 Å². The number of aromatic nitrogens is 3. The summed E-state index contributed by atoms with van der Waals surface area (Å²) in [5.74, 6) is 0.862. The minimum Gasteiger partial charge on any atom is -0.339 e. The predicted molar refractivity (Wildman–Crippen MR) is 94.0 cm³/mol. The third kappa shape index (κ3) is 4.14. The van der Waals surface area contributed by atoms with Gasteiger partial charge in [-0.3, -0.25) is 4.79 Å². The standard InChI is InChI=1S/C18H14N6O/c1-12(25)14-4-8-15(9-5-14)21-17-11-20-24-18(23-17)22-16-6-2-13(10-19)3-7-16/h2-9,11H,1H3,(H2,21,22,23,24). The summed E-state index contributed by atoms with van der Waals surface area (Å²) < 4.78 is 0. The van der Waals surface area contributed by atoms with E-state index in [1.54, 1.807) is 48.5 Å². The average Bonchev–Trinajstić information content (AvgIpc) is 2.63. The van der Waals surface area contributed by atoms with Crippen LogP contribution in [0.15, 0.2) is 54.7 Å². The van der Waals surface area contributed by atoms with Crippen LogP contribution >= 0.6 is 0 Å². The van der Waals surface area contributed by atoms with Crippen LogP contribution in [0.4, 0.5) is 23.1 Å². The normalized spacial score (nSPS) is 9.92. The van der Waals surface area contributed by atoms with E-state index in [1.807, 2.05) is 0 Å². The number of carbonyl (C=O) groups excluding carboxylic acids is 1. The van der Waals surface area contributed by atoms with E-state index in [1.165, 1.54) is 13.1 Å². The molecule has 7 nitrogen and oxygen atoms in total. The molecule has 0 saturated heterocycles. The Morgan fingerprint density at radius 3 is 2.28 bits per heavy atom. The number of nitrogens with one attached hydrogen (secondary N) is 2. The van der Waals surface area contributed by atoms with Gasteiger partial charge in [-0.05, 0) is 55.5 Å². The highest BCUT2D eigenvalue weighted by Gasteiger charge is 2.04. The van der Waals surface area contributed by atoms with Crippen LogP contribution in [-0.4, -0.2) is 21.0 Å². The molecule has 0 fully saturated rings. The molecule has 1 aromatic heterocycles. The Balaban J connectivity index is 1.72. The number of Topliss-reactive ketones (excluding diaryl/α,β-unsaturated/α-hetero) is 1. The van der Waals surface area contributed by atoms with Crippen molar-refractivity contribution in [2.24, 2.45) is 0 Å². The topological polar surface area (TPSA) is 104 Å². The van der Waals surface area contributed by atoms with Crippen molar-refractivity contribution in [3.63, 3.8) is 0 Å². The zero-order valence-corrected chi connectivity index (χ0v) is 13.4. The quantitative estimate of drug-likeness (QED) is 0.691. The molecule has 1 heterocycles. The number of nitriles is 1. The lowest BCUT2D eigenvalue weighted by Gasteiger charge is -2.08. The molecule has 25 heavy (non-hydrogen) atoms. The Hall–Kier alpha value is -3.79. The molecule has 0 aliphatic rings. The fourth-order valence-electron chi connectivity index (χ4n) is 2.11. The Morgan fingerprint density at radius 2 is 1.64 bits per heavy atom. The Kier molecular flexibility index (Phi) is 4.62. The molecule has 0 atom stereocenters. The molecule has 2 N–H and O–H groups in total. The number of carbonyl (C=O) groups is 1. The van der Waals surface area contributed by atoms with E-state index in [0.717, 1.165) is 11.4 Å². The number of hydrogen-bond acceptors (Lipinski definition) is 7. The summed E-state index contributed by atoms with van der Waals surface area (Å²) >= 11 is 0. The first-order valence-electron chi connectivity index (χ1n) is 7.49. The number of anilines is 4. The van der Waals surface area contributed by atoms with Crippen molar-refractivity contribution >= 4 is 28.9 Å². The van der Waals surface area contributed by atoms with Gasteiger partial charge in [0.15, 0.2) is 11.6 Å². The molecule has 0 saturated carbocycles. The van der Waals surface area contributed by atoms with Gasteiger partial charge in [-0.25, -0.2) is 0 Å². The van der Waals surface area contributed by atoms with Gasteiger partial charge in [-0.2, -0.15) is 15.3 Å². The highest BCUT2D eigenvalue weighted by molar-refractivity contribution is 5.94. The van der Waals surface area contributed by atoms with Gasteiger partial charge < -0.3 is 10.6 Å². The minimum atomic E-state index is 0.0177. The second-order valence-corrected chi connectivity index (χ2v) is 5.24. The Labute approximate surface area is 144 Å². The fraction of sp³-hybridized carbons (Fsp3) is 0.0556. The summed E-state index contributed by atoms with van der Waals surface area (Å²) in [6.45, 7) is 1.53. The van der Waals surface area contributed by atoms with Crippen molar-refractivity contribution in [2.45, 2.75) is 6.92 Å². The molecule has 3 rings (SSSR count). The Bertz CT molecular complexity index is 929. The maximum absolute atomic E-state index is 11.3. The van der Waals surface area contributed by atoms with Crippen LogP contribution < -0.4 is 10.6 Å². The molecule has 3 aromatic rings. The van der Waals surface area contributed by atoms with Gasteiger partial charge in [-0.15, -0.1) is 5.10 Å². The fourth-order valence-corrected chi connectivity index (χ4v) is 2.11. The molecular formula is C18H14N6O. The van der Waals surface area contributed by atoms with Crippen molar-refractivity contribution in [2.75, 3.05) is 10.6 Å². The van der Waals surface area contributed by atoms with E-state index >= 15 is 0 Å². The van der Waals surface area contributed by atoms with Gasteiger partial charge in [0, 0.05) is 16.9 Å². The lowest BCUT2D eigenvalue weighted by molar-refractivity contribution is 0.101. The van der Waals surface area contributed by atoms with Crippen LogP contribution in [0.1, 0.15) is 22.8 Å². The predicted octanol–water partition coefficient (Wildman–Crippen LogP) is 3.43. The van der Waals surface area contributed by atoms with Crippen LogP contribution in [0, 0.1) is 11.3 Å². The Morgan fingerprint density at radius 1 is 1.00 bits per heavy atom. The number of hydrogen-bond donors (Lipinski definition) is 2. The van der Waals surface area contributed by atoms with E-state index < -0.39 is 0 Å². The van der Waals surface area contributed by atoms with E-state index in [2.05, 4.69) is 31.9 Å². The summed E-state index contributed by atoms with van der Waals surface area (Å²) in [7, 11) is 0. The van der Waals surface area contributed by atoms with Crippen molar-refractivity contribution in [1.29, 1.82) is 5.26 Å². The van der Waals surface area contributed by atoms with Crippen LogP contribution in [0.2, 0.25) is 0 Å². The maximum atomic E-state index is 11.3. The van der Waals surface area contributed by atoms with Crippen LogP contribution in [-0.2, 0) is 0 Å². The summed E-state index contributed by atoms with van der Waals surface area (Å²) in [5, 5.41) is 22.8. The van der Waals surface area contributed by atoms with Gasteiger partial charge in [0.1, 0.15) is 0 Å². The average molecular weight is 330 g/mol. The van der Waals surface area contributed by atoms with E-state index in [0.29, 0.717) is 22.9 Å². The van der Waals surface area contributed by atoms with Crippen LogP contribution in [0.25, 0.3) is 0 Å². The van der Waals surface area contributed by atoms with Crippen LogP contribution in [0.3, 0.4) is 0 Å². The van der Waals surface area contributed by atoms with Crippen molar-refractivity contribution in [3.05, 3.63) is 65.9 Å². The number of benzene rings is 2. The first-order chi connectivity index (χ1) is 12.1. The summed E-state index contributed by atoms with van der Waals surface area (Å²) in [6.07, 6.45) is 1.50. The van der Waals surface area contributed by atoms with Gasteiger partial charge in [0.05, 0.1) is 17.8 Å². The summed E-state index contributed by atoms with van der Waals surface area (Å²) in [4.78, 5) is 15.6. The first kappa shape index (κ1) is 16.1. The largest absolute Gasteiger partial charge is 0.339 e. The van der Waals surface area contributed by atoms with E-state index in [4.69, 9.17) is 5.26 Å². The van der Waals surface area contributed by atoms with Gasteiger partial charge in [-0.1, -0.05) is 0 Å². The molecule has 122 valence electrons. The SMILES string of the molecule is CC(=O)c1ccc(Nc2cnnc(Nc3ccc(C#N)cc3)n2)cc1. The summed E-state index contributed by atoms with van der Waals surface area (Å²) in [5.41, 5.74) is 2.77. The van der Waals surface area contributed by atoms with Gasteiger partial charge >= 0.3 is 0 Å². The molecule has 7 heteroatoms. The molecule has 0 aliphatic heterocycles. The highest BCUT2D eigenvalue weighted by atomic mass is 16.1. The van der Waals surface area contributed by atoms with Crippen LogP contribution in [0.5, 0.6) is 0 Å². The van der Waals surface area contributed by atoms with Gasteiger partial charge in [0.25, 0.3) is 0 Å². The molecule has 0 bridgehead atoms. The lowest BCUT2D eigenvalue weighted by Crippen LogP contribution is -2.02. The molecule has 0 amide bonds. The highest BCUT2D eigenvalue weighted by Crippen LogP contribution is 2.17. The zero-order valence-electron chi connectivity index (χ0n) is 13.4. The number of nitrogens with zero attached hydrogens (tertiary/aromatic N) is 4.